The molecule has 0 atom stereocenters. The molecule has 183 valence electrons. The van der Waals surface area contributed by atoms with Crippen LogP contribution in [-0.2, 0) is 25.5 Å². The summed E-state index contributed by atoms with van der Waals surface area (Å²) in [6.45, 7) is 4.01. The van der Waals surface area contributed by atoms with Gasteiger partial charge in [0.1, 0.15) is 0 Å². The third-order valence-electron chi connectivity index (χ3n) is 4.87. The van der Waals surface area contributed by atoms with Gasteiger partial charge in [-0.1, -0.05) is 51.0 Å². The Balaban J connectivity index is 2.10. The van der Waals surface area contributed by atoms with Gasteiger partial charge in [0, 0.05) is 0 Å². The molecule has 0 saturated heterocycles. The molecule has 0 heterocycles. The van der Waals surface area contributed by atoms with E-state index in [1.807, 2.05) is 13.8 Å². The van der Waals surface area contributed by atoms with Crippen LogP contribution in [0.1, 0.15) is 37.8 Å². The summed E-state index contributed by atoms with van der Waals surface area (Å²) in [7, 11) is -5.35. The molecule has 0 amide bonds. The molecule has 0 spiro atoms. The standard InChI is InChI=1S/C24H22F5IO3S/c1-3-5-15-7-11-17(12-8-15)30(18-13-9-16(6-4-2)10-14-18)33-34(31,32)24-22(28)20(26)19(25)21(27)23(24)29/h7-14H,3-6H2,1-2H3/q+1. The second-order valence-electron chi connectivity index (χ2n) is 7.42. The van der Waals surface area contributed by atoms with E-state index >= 15 is 0 Å². The van der Waals surface area contributed by atoms with Crippen LogP contribution in [0, 0.1) is 36.2 Å². The Kier molecular flexibility index (Phi) is 8.69. The van der Waals surface area contributed by atoms with Crippen LogP contribution >= 0.6 is 0 Å². The van der Waals surface area contributed by atoms with Gasteiger partial charge in [-0.3, -0.25) is 0 Å². The van der Waals surface area contributed by atoms with E-state index in [4.69, 9.17) is 2.51 Å². The number of hydrogen-bond donors (Lipinski definition) is 0. The molecular formula is C24H22F5IO3S+. The second-order valence-corrected chi connectivity index (χ2v) is 13.9. The van der Waals surface area contributed by atoms with E-state index in [-0.39, 0.29) is 0 Å². The van der Waals surface area contributed by atoms with Gasteiger partial charge in [-0.15, -0.1) is 0 Å². The highest BCUT2D eigenvalue weighted by Crippen LogP contribution is 2.27. The lowest BCUT2D eigenvalue weighted by Crippen LogP contribution is -3.85. The van der Waals surface area contributed by atoms with Gasteiger partial charge in [0.05, 0.1) is 0 Å². The summed E-state index contributed by atoms with van der Waals surface area (Å²) in [6.07, 6.45) is 3.38. The molecule has 0 aliphatic rings. The number of rotatable bonds is 9. The van der Waals surface area contributed by atoms with Crippen LogP contribution in [0.4, 0.5) is 22.0 Å². The molecule has 3 aromatic rings. The second kappa shape index (κ2) is 11.1. The molecule has 3 aromatic carbocycles. The summed E-state index contributed by atoms with van der Waals surface area (Å²) in [5.41, 5.74) is 2.01. The SMILES string of the molecule is CCCc1ccc([I+](OS(=O)(=O)c2c(F)c(F)c(F)c(F)c2F)c2ccc(CCC)cc2)cc1. The molecule has 0 fully saturated rings. The third-order valence-corrected chi connectivity index (χ3v) is 12.2. The Bertz CT molecular complexity index is 1180. The Morgan fingerprint density at radius 3 is 1.35 bits per heavy atom. The van der Waals surface area contributed by atoms with E-state index in [1.165, 1.54) is 0 Å². The largest absolute Gasteiger partial charge is 0.342 e. The van der Waals surface area contributed by atoms with Crippen LogP contribution in [0.5, 0.6) is 0 Å². The first-order valence-electron chi connectivity index (χ1n) is 10.4. The van der Waals surface area contributed by atoms with Crippen molar-refractivity contribution in [2.24, 2.45) is 0 Å². The summed E-state index contributed by atoms with van der Waals surface area (Å²) in [4.78, 5) is -1.99. The van der Waals surface area contributed by atoms with E-state index in [2.05, 4.69) is 0 Å². The Morgan fingerprint density at radius 1 is 0.647 bits per heavy atom. The predicted octanol–water partition coefficient (Wildman–Crippen LogP) is 3.27. The minimum Gasteiger partial charge on any atom is -0.202 e. The molecule has 3 rings (SSSR count). The normalized spacial score (nSPS) is 11.9. The van der Waals surface area contributed by atoms with E-state index < -0.39 is 64.3 Å². The van der Waals surface area contributed by atoms with Crippen LogP contribution in [0.2, 0.25) is 0 Å². The first-order chi connectivity index (χ1) is 16.1. The van der Waals surface area contributed by atoms with Gasteiger partial charge in [-0.05, 0) is 50.7 Å². The number of aryl methyl sites for hydroxylation is 2. The summed E-state index contributed by atoms with van der Waals surface area (Å²) in [5.74, 6) is -12.1. The molecule has 0 aliphatic heterocycles. The highest BCUT2D eigenvalue weighted by Gasteiger charge is 2.43. The Labute approximate surface area is 203 Å². The van der Waals surface area contributed by atoms with Gasteiger partial charge in [0.15, 0.2) is 35.3 Å². The van der Waals surface area contributed by atoms with E-state index in [1.54, 1.807) is 48.5 Å². The number of halogens is 6. The van der Waals surface area contributed by atoms with Gasteiger partial charge in [0.2, 0.25) is 5.82 Å². The van der Waals surface area contributed by atoms with Crippen molar-refractivity contribution in [3.8, 4) is 0 Å². The van der Waals surface area contributed by atoms with E-state index in [0.717, 1.165) is 36.8 Å². The topological polar surface area (TPSA) is 43.4 Å². The molecular weight excluding hydrogens is 590 g/mol. The van der Waals surface area contributed by atoms with Crippen molar-refractivity contribution >= 4 is 10.1 Å². The summed E-state index contributed by atoms with van der Waals surface area (Å²) in [5, 5.41) is 0. The smallest absolute Gasteiger partial charge is 0.202 e. The zero-order chi connectivity index (χ0) is 25.0. The molecule has 0 saturated carbocycles. The maximum atomic E-state index is 14.3. The van der Waals surface area contributed by atoms with Crippen molar-refractivity contribution < 1.29 is 53.1 Å². The Hall–Kier alpha value is -2.05. The average molecular weight is 612 g/mol. The van der Waals surface area contributed by atoms with Crippen molar-refractivity contribution in [3.63, 3.8) is 0 Å². The van der Waals surface area contributed by atoms with Crippen molar-refractivity contribution in [3.05, 3.63) is 95.9 Å². The molecule has 1 radical (unpaired) electrons. The van der Waals surface area contributed by atoms with E-state index in [0.29, 0.717) is 7.14 Å². The maximum absolute atomic E-state index is 14.3. The van der Waals surface area contributed by atoms with Gasteiger partial charge in [-0.25, -0.2) is 22.0 Å². The zero-order valence-corrected chi connectivity index (χ0v) is 21.3. The van der Waals surface area contributed by atoms with Crippen LogP contribution in [-0.4, -0.2) is 8.42 Å². The lowest BCUT2D eigenvalue weighted by atomic mass is 10.1. The molecule has 34 heavy (non-hydrogen) atoms. The minimum atomic E-state index is -5.35. The predicted molar refractivity (Wildman–Crippen MR) is 113 cm³/mol. The lowest BCUT2D eigenvalue weighted by Gasteiger charge is -2.10. The van der Waals surface area contributed by atoms with Crippen LogP contribution < -0.4 is 20.2 Å². The average Bonchev–Trinajstić information content (AvgIpc) is 2.81. The fourth-order valence-corrected chi connectivity index (χ4v) is 10.2. The van der Waals surface area contributed by atoms with Crippen molar-refractivity contribution in [2.45, 2.75) is 44.4 Å². The fraction of sp³-hybridized carbons (Fsp3) is 0.250. The highest BCUT2D eigenvalue weighted by atomic mass is 127. The minimum absolute atomic E-state index is 0.486. The van der Waals surface area contributed by atoms with Crippen molar-refractivity contribution in [1.29, 1.82) is 0 Å². The summed E-state index contributed by atoms with van der Waals surface area (Å²) < 4.78 is 101. The maximum Gasteiger partial charge on any atom is 0.342 e. The molecule has 3 nitrogen and oxygen atoms in total. The number of hydrogen-bond acceptors (Lipinski definition) is 3. The van der Waals surface area contributed by atoms with Crippen molar-refractivity contribution in [2.75, 3.05) is 0 Å². The van der Waals surface area contributed by atoms with Crippen LogP contribution in [0.15, 0.2) is 53.4 Å². The molecule has 0 aromatic heterocycles. The number of benzene rings is 3. The quantitative estimate of drug-likeness (QED) is 0.161. The van der Waals surface area contributed by atoms with Gasteiger partial charge >= 0.3 is 30.4 Å². The van der Waals surface area contributed by atoms with Gasteiger partial charge in [0.25, 0.3) is 0 Å². The molecule has 0 aliphatic carbocycles. The van der Waals surface area contributed by atoms with Gasteiger partial charge in [-0.2, -0.15) is 8.42 Å². The van der Waals surface area contributed by atoms with Crippen LogP contribution in [0.25, 0.3) is 0 Å². The molecule has 0 unspecified atom stereocenters. The van der Waals surface area contributed by atoms with Crippen molar-refractivity contribution in [1.82, 2.24) is 0 Å². The van der Waals surface area contributed by atoms with E-state index in [9.17, 15) is 30.4 Å². The third kappa shape index (κ3) is 5.60. The van der Waals surface area contributed by atoms with Crippen LogP contribution in [0.3, 0.4) is 0 Å². The lowest BCUT2D eigenvalue weighted by molar-refractivity contribution is -1.03. The monoisotopic (exact) mass is 612 g/mol. The first-order valence-corrected chi connectivity index (χ1v) is 14.9. The summed E-state index contributed by atoms with van der Waals surface area (Å²) >= 11 is -3.40. The Morgan fingerprint density at radius 2 is 1.00 bits per heavy atom. The summed E-state index contributed by atoms with van der Waals surface area (Å²) in [6, 6.07) is 13.9. The van der Waals surface area contributed by atoms with Gasteiger partial charge < -0.3 is 0 Å². The zero-order valence-electron chi connectivity index (χ0n) is 18.3. The fourth-order valence-electron chi connectivity index (χ4n) is 3.23. The first kappa shape index (κ1) is 26.6. The highest BCUT2D eigenvalue weighted by molar-refractivity contribution is 7.86. The molecule has 0 bridgehead atoms. The molecule has 10 heteroatoms. The molecule has 0 N–H and O–H groups in total.